The average Bonchev–Trinajstić information content (AvgIpc) is 3.55. The molecule has 13 heteroatoms. The number of amides is 1. The first-order valence-electron chi connectivity index (χ1n) is 16.7. The number of hydrogen-bond donors (Lipinski definition) is 1. The first-order valence-corrected chi connectivity index (χ1v) is 16.7. The number of primary amides is 1. The smallest absolute Gasteiger partial charge is 0.271 e. The van der Waals surface area contributed by atoms with Crippen LogP contribution in [0.4, 0.5) is 8.78 Å². The first-order chi connectivity index (χ1) is 24.7. The third kappa shape index (κ3) is 7.08. The van der Waals surface area contributed by atoms with Crippen molar-refractivity contribution in [2.75, 3.05) is 53.5 Å². The number of hydrogen-bond acceptors (Lipinski definition) is 9. The van der Waals surface area contributed by atoms with Crippen molar-refractivity contribution >= 4 is 16.8 Å². The van der Waals surface area contributed by atoms with Crippen LogP contribution >= 0.6 is 0 Å². The van der Waals surface area contributed by atoms with Crippen molar-refractivity contribution in [1.29, 1.82) is 0 Å². The molecule has 2 aliphatic rings. The molecule has 264 valence electrons. The highest BCUT2D eigenvalue weighted by atomic mass is 19.1. The molecule has 2 aromatic heterocycles. The fraction of sp³-hybridized carbons (Fsp3) is 0.289. The molecular formula is C38H37F2N5O6. The van der Waals surface area contributed by atoms with Gasteiger partial charge in [-0.3, -0.25) is 19.1 Å². The largest absolute Gasteiger partial charge is 0.493 e. The van der Waals surface area contributed by atoms with Crippen LogP contribution in [-0.4, -0.2) is 78.7 Å². The molecule has 4 heterocycles. The van der Waals surface area contributed by atoms with Crippen LogP contribution in [0.25, 0.3) is 16.6 Å². The molecule has 0 aliphatic carbocycles. The van der Waals surface area contributed by atoms with Crippen molar-refractivity contribution in [3.8, 4) is 34.4 Å². The maximum Gasteiger partial charge on any atom is 0.271 e. The number of carbonyl (C=O) groups excluding carboxylic acids is 1. The molecule has 1 unspecified atom stereocenters. The lowest BCUT2D eigenvalue weighted by Crippen LogP contribution is -2.44. The van der Waals surface area contributed by atoms with Gasteiger partial charge in [-0.05, 0) is 67.6 Å². The maximum absolute atomic E-state index is 15.6. The van der Waals surface area contributed by atoms with Crippen LogP contribution in [0, 0.1) is 11.6 Å². The molecule has 2 N–H and O–H groups in total. The number of pyridine rings is 2. The summed E-state index contributed by atoms with van der Waals surface area (Å²) in [6, 6.07) is 14.9. The normalized spacial score (nSPS) is 16.1. The predicted octanol–water partition coefficient (Wildman–Crippen LogP) is 5.26. The molecule has 0 radical (unpaired) electrons. The van der Waals surface area contributed by atoms with E-state index in [0.717, 1.165) is 39.1 Å². The molecule has 11 nitrogen and oxygen atoms in total. The van der Waals surface area contributed by atoms with Gasteiger partial charge in [-0.15, -0.1) is 0 Å². The summed E-state index contributed by atoms with van der Waals surface area (Å²) in [5.41, 5.74) is 6.48. The van der Waals surface area contributed by atoms with E-state index in [0.29, 0.717) is 51.6 Å². The van der Waals surface area contributed by atoms with Gasteiger partial charge in [-0.2, -0.15) is 0 Å². The highest BCUT2D eigenvalue weighted by Gasteiger charge is 2.32. The average molecular weight is 698 g/mol. The number of carbonyl (C=O) groups is 1. The highest BCUT2D eigenvalue weighted by molar-refractivity contribution is 5.96. The Kier molecular flexibility index (Phi) is 9.56. The van der Waals surface area contributed by atoms with E-state index in [2.05, 4.69) is 21.8 Å². The second kappa shape index (κ2) is 14.4. The Morgan fingerprint density at radius 3 is 2.49 bits per heavy atom. The van der Waals surface area contributed by atoms with Gasteiger partial charge in [-0.25, -0.2) is 8.78 Å². The number of methoxy groups -OCH3 is 1. The quantitative estimate of drug-likeness (QED) is 0.185. The lowest BCUT2D eigenvalue weighted by atomic mass is 10.0. The Morgan fingerprint density at radius 1 is 0.980 bits per heavy atom. The number of rotatable bonds is 11. The zero-order valence-electron chi connectivity index (χ0n) is 28.2. The van der Waals surface area contributed by atoms with Crippen LogP contribution in [0.5, 0.6) is 28.7 Å². The molecule has 0 spiro atoms. The Balaban J connectivity index is 1.07. The summed E-state index contributed by atoms with van der Waals surface area (Å²) in [5, 5.41) is 0.610. The monoisotopic (exact) mass is 697 g/mol. The van der Waals surface area contributed by atoms with E-state index in [4.69, 9.17) is 24.7 Å². The van der Waals surface area contributed by atoms with Crippen molar-refractivity contribution in [3.05, 3.63) is 112 Å². The van der Waals surface area contributed by atoms with E-state index >= 15 is 4.39 Å². The van der Waals surface area contributed by atoms with Crippen molar-refractivity contribution in [2.24, 2.45) is 5.73 Å². The number of ether oxygens (including phenoxy) is 4. The second-order valence-electron chi connectivity index (χ2n) is 12.7. The van der Waals surface area contributed by atoms with Gasteiger partial charge in [0.25, 0.3) is 11.5 Å². The summed E-state index contributed by atoms with van der Waals surface area (Å²) in [5.74, 6) is -0.630. The van der Waals surface area contributed by atoms with Crippen LogP contribution in [0.1, 0.15) is 34.0 Å². The first kappa shape index (κ1) is 33.9. The van der Waals surface area contributed by atoms with Crippen LogP contribution in [-0.2, 0) is 6.42 Å². The number of benzene rings is 3. The summed E-state index contributed by atoms with van der Waals surface area (Å²) in [6.07, 6.45) is 3.49. The lowest BCUT2D eigenvalue weighted by molar-refractivity contribution is 0.0993. The fourth-order valence-corrected chi connectivity index (χ4v) is 6.46. The Hall–Kier alpha value is -5.53. The van der Waals surface area contributed by atoms with E-state index in [9.17, 15) is 14.0 Å². The third-order valence-corrected chi connectivity index (χ3v) is 9.26. The number of nitrogens with two attached hydrogens (primary N) is 1. The molecule has 1 saturated heterocycles. The second-order valence-corrected chi connectivity index (χ2v) is 12.7. The Labute approximate surface area is 292 Å². The SMILES string of the molecule is COc1cc2c(Oc3ccc(C4Cc5cn(-c6ccc(F)cc6)c(=O)c(C(N)=O)c5O4)cc3F)ccnc2cc1OCCCN1CCN(C)CC1. The Bertz CT molecular complexity index is 2150. The molecule has 5 aromatic rings. The van der Waals surface area contributed by atoms with E-state index in [-0.39, 0.29) is 23.5 Å². The lowest BCUT2D eigenvalue weighted by Gasteiger charge is -2.32. The van der Waals surface area contributed by atoms with Crippen molar-refractivity contribution in [2.45, 2.75) is 18.9 Å². The minimum atomic E-state index is -0.968. The molecule has 1 amide bonds. The van der Waals surface area contributed by atoms with Crippen molar-refractivity contribution < 1.29 is 32.5 Å². The summed E-state index contributed by atoms with van der Waals surface area (Å²) < 4.78 is 54.2. The van der Waals surface area contributed by atoms with Gasteiger partial charge in [0.1, 0.15) is 29.0 Å². The third-order valence-electron chi connectivity index (χ3n) is 9.26. The zero-order chi connectivity index (χ0) is 35.6. The molecule has 51 heavy (non-hydrogen) atoms. The predicted molar refractivity (Wildman–Crippen MR) is 186 cm³/mol. The summed E-state index contributed by atoms with van der Waals surface area (Å²) in [6.45, 7) is 5.71. The van der Waals surface area contributed by atoms with Crippen LogP contribution in [0.15, 0.2) is 77.9 Å². The summed E-state index contributed by atoms with van der Waals surface area (Å²) in [4.78, 5) is 34.9. The van der Waals surface area contributed by atoms with E-state index in [1.54, 1.807) is 37.6 Å². The number of nitrogens with zero attached hydrogens (tertiary/aromatic N) is 4. The summed E-state index contributed by atoms with van der Waals surface area (Å²) >= 11 is 0. The minimum absolute atomic E-state index is 0.0289. The summed E-state index contributed by atoms with van der Waals surface area (Å²) in [7, 11) is 3.70. The van der Waals surface area contributed by atoms with Gasteiger partial charge in [0, 0.05) is 74.2 Å². The van der Waals surface area contributed by atoms with Crippen LogP contribution in [0.2, 0.25) is 0 Å². The highest BCUT2D eigenvalue weighted by Crippen LogP contribution is 2.41. The van der Waals surface area contributed by atoms with Crippen LogP contribution in [0.3, 0.4) is 0 Å². The van der Waals surface area contributed by atoms with E-state index < -0.39 is 29.2 Å². The molecule has 1 atom stereocenters. The number of piperazine rings is 1. The maximum atomic E-state index is 15.6. The van der Waals surface area contributed by atoms with Crippen molar-refractivity contribution in [1.82, 2.24) is 19.4 Å². The van der Waals surface area contributed by atoms with Crippen molar-refractivity contribution in [3.63, 3.8) is 0 Å². The number of aromatic nitrogens is 2. The number of likely N-dealkylation sites (N-methyl/N-ethyl adjacent to an activating group) is 1. The Morgan fingerprint density at radius 2 is 1.76 bits per heavy atom. The molecule has 7 rings (SSSR count). The van der Waals surface area contributed by atoms with Gasteiger partial charge >= 0.3 is 0 Å². The molecule has 1 fully saturated rings. The molecule has 0 saturated carbocycles. The number of fused-ring (bicyclic) bond motifs is 2. The standard InChI is InChI=1S/C38H37F2N5O6/c1-43-13-15-44(16-14-43)12-3-17-49-34-21-29-27(20-33(34)48-2)30(10-11-42-29)50-31-9-4-23(18-28(31)40)32-19-24-22-45(26-7-5-25(39)6-8-26)38(47)35(37(41)46)36(24)51-32/h4-11,18,20-22,32H,3,12-17,19H2,1-2H3,(H2,41,46). The van der Waals surface area contributed by atoms with Gasteiger partial charge in [0.2, 0.25) is 0 Å². The molecule has 3 aromatic carbocycles. The molecular weight excluding hydrogens is 660 g/mol. The van der Waals surface area contributed by atoms with Gasteiger partial charge in [0.05, 0.1) is 19.2 Å². The zero-order valence-corrected chi connectivity index (χ0v) is 28.2. The van der Waals surface area contributed by atoms with Crippen LogP contribution < -0.4 is 30.2 Å². The van der Waals surface area contributed by atoms with Gasteiger partial charge in [-0.1, -0.05) is 6.07 Å². The topological polar surface area (TPSA) is 121 Å². The number of halogens is 2. The minimum Gasteiger partial charge on any atom is -0.493 e. The van der Waals surface area contributed by atoms with Gasteiger partial charge < -0.3 is 34.5 Å². The van der Waals surface area contributed by atoms with E-state index in [1.165, 1.54) is 47.2 Å². The fourth-order valence-electron chi connectivity index (χ4n) is 6.46. The van der Waals surface area contributed by atoms with E-state index in [1.807, 2.05) is 0 Å². The molecule has 0 bridgehead atoms. The van der Waals surface area contributed by atoms with Gasteiger partial charge in [0.15, 0.2) is 23.1 Å². The molecule has 2 aliphatic heterocycles.